The molecule has 0 N–H and O–H groups in total. The van der Waals surface area contributed by atoms with E-state index in [1.165, 1.54) is 17.2 Å². The molecule has 0 fully saturated rings. The molecule has 0 aliphatic carbocycles. The molecule has 0 unspecified atom stereocenters. The number of rotatable bonds is 8. The summed E-state index contributed by atoms with van der Waals surface area (Å²) in [6.07, 6.45) is 0.845. The van der Waals surface area contributed by atoms with E-state index in [0.717, 1.165) is 23.3 Å². The zero-order valence-corrected chi connectivity index (χ0v) is 20.3. The minimum atomic E-state index is -0.261. The molecule has 0 saturated heterocycles. The van der Waals surface area contributed by atoms with Crippen LogP contribution < -0.4 is 4.74 Å². The maximum absolute atomic E-state index is 13.8. The highest BCUT2D eigenvalue weighted by Crippen LogP contribution is 2.23. The molecular weight excluding hydrogens is 455 g/mol. The Morgan fingerprint density at radius 2 is 1.67 bits per heavy atom. The van der Waals surface area contributed by atoms with Crippen LogP contribution in [0.2, 0.25) is 0 Å². The Morgan fingerprint density at radius 3 is 2.44 bits per heavy atom. The monoisotopic (exact) mass is 484 g/mol. The van der Waals surface area contributed by atoms with Gasteiger partial charge < -0.3 is 14.1 Å². The van der Waals surface area contributed by atoms with E-state index in [0.29, 0.717) is 44.2 Å². The Kier molecular flexibility index (Phi) is 7.14. The van der Waals surface area contributed by atoms with Crippen molar-refractivity contribution in [3.8, 4) is 5.75 Å². The number of hydrogen-bond donors (Lipinski definition) is 0. The Bertz CT molecular complexity index is 1350. The normalized spacial score (nSPS) is 13.0. The van der Waals surface area contributed by atoms with Crippen molar-refractivity contribution in [1.29, 1.82) is 0 Å². The number of benzene rings is 3. The van der Waals surface area contributed by atoms with Crippen molar-refractivity contribution < 1.29 is 18.3 Å². The minimum Gasteiger partial charge on any atom is -0.497 e. The lowest BCUT2D eigenvalue weighted by atomic mass is 10.00. The van der Waals surface area contributed by atoms with Crippen LogP contribution in [-0.2, 0) is 32.6 Å². The molecular formula is C30H29FN2O3. The molecule has 2 heterocycles. The van der Waals surface area contributed by atoms with Crippen LogP contribution in [0.1, 0.15) is 38.6 Å². The van der Waals surface area contributed by atoms with Crippen molar-refractivity contribution in [2.45, 2.75) is 32.6 Å². The van der Waals surface area contributed by atoms with Crippen LogP contribution in [0.3, 0.4) is 0 Å². The summed E-state index contributed by atoms with van der Waals surface area (Å²) < 4.78 is 25.2. The summed E-state index contributed by atoms with van der Waals surface area (Å²) in [6, 6.07) is 26.4. The molecule has 1 amide bonds. The van der Waals surface area contributed by atoms with Gasteiger partial charge in [-0.25, -0.2) is 4.39 Å². The Labute approximate surface area is 210 Å². The predicted molar refractivity (Wildman–Crippen MR) is 136 cm³/mol. The SMILES string of the molecule is COc1cccc(CN(Cc2cccc(F)c2)Cc2ccc(C(=O)N3CCc4ccccc4C3)o2)c1. The van der Waals surface area contributed by atoms with Crippen LogP contribution in [0.15, 0.2) is 89.3 Å². The van der Waals surface area contributed by atoms with Gasteiger partial charge in [-0.2, -0.15) is 0 Å². The molecule has 1 aromatic heterocycles. The van der Waals surface area contributed by atoms with Gasteiger partial charge in [0.1, 0.15) is 17.3 Å². The summed E-state index contributed by atoms with van der Waals surface area (Å²) in [5.74, 6) is 1.46. The van der Waals surface area contributed by atoms with Gasteiger partial charge in [-0.1, -0.05) is 48.5 Å². The molecule has 5 nitrogen and oxygen atoms in total. The molecule has 6 heteroatoms. The molecule has 3 aromatic carbocycles. The lowest BCUT2D eigenvalue weighted by Gasteiger charge is -2.28. The fraction of sp³-hybridized carbons (Fsp3) is 0.233. The van der Waals surface area contributed by atoms with Crippen LogP contribution >= 0.6 is 0 Å². The van der Waals surface area contributed by atoms with Gasteiger partial charge in [0, 0.05) is 26.2 Å². The van der Waals surface area contributed by atoms with Gasteiger partial charge in [0.05, 0.1) is 13.7 Å². The molecule has 0 atom stereocenters. The number of halogens is 1. The minimum absolute atomic E-state index is 0.0970. The average Bonchev–Trinajstić information content (AvgIpc) is 3.36. The molecule has 1 aliphatic rings. The van der Waals surface area contributed by atoms with E-state index in [1.54, 1.807) is 25.3 Å². The maximum Gasteiger partial charge on any atom is 0.289 e. The summed E-state index contributed by atoms with van der Waals surface area (Å²) in [5, 5.41) is 0. The molecule has 184 valence electrons. The summed E-state index contributed by atoms with van der Waals surface area (Å²) in [5.41, 5.74) is 4.42. The highest BCUT2D eigenvalue weighted by molar-refractivity contribution is 5.91. The number of methoxy groups -OCH3 is 1. The van der Waals surface area contributed by atoms with E-state index >= 15 is 0 Å². The number of carbonyl (C=O) groups excluding carboxylic acids is 1. The van der Waals surface area contributed by atoms with E-state index in [9.17, 15) is 9.18 Å². The Morgan fingerprint density at radius 1 is 0.917 bits per heavy atom. The van der Waals surface area contributed by atoms with Crippen LogP contribution in [0.4, 0.5) is 4.39 Å². The second-order valence-corrected chi connectivity index (χ2v) is 9.14. The van der Waals surface area contributed by atoms with Crippen molar-refractivity contribution >= 4 is 5.91 Å². The fourth-order valence-electron chi connectivity index (χ4n) is 4.71. The van der Waals surface area contributed by atoms with E-state index in [4.69, 9.17) is 9.15 Å². The second kappa shape index (κ2) is 10.8. The number of fused-ring (bicyclic) bond motifs is 1. The first-order valence-corrected chi connectivity index (χ1v) is 12.1. The van der Waals surface area contributed by atoms with Crippen molar-refractivity contribution in [3.63, 3.8) is 0 Å². The fourth-order valence-corrected chi connectivity index (χ4v) is 4.71. The molecule has 1 aliphatic heterocycles. The van der Waals surface area contributed by atoms with Gasteiger partial charge in [0.25, 0.3) is 5.91 Å². The lowest BCUT2D eigenvalue weighted by Crippen LogP contribution is -2.35. The first kappa shape index (κ1) is 23.8. The van der Waals surface area contributed by atoms with Gasteiger partial charge in [0.2, 0.25) is 0 Å². The number of carbonyl (C=O) groups is 1. The van der Waals surface area contributed by atoms with Crippen molar-refractivity contribution in [3.05, 3.63) is 125 Å². The average molecular weight is 485 g/mol. The Balaban J connectivity index is 1.31. The van der Waals surface area contributed by atoms with Gasteiger partial charge in [-0.05, 0) is 65.1 Å². The van der Waals surface area contributed by atoms with Crippen LogP contribution in [0.5, 0.6) is 5.75 Å². The Hall–Kier alpha value is -3.90. The number of hydrogen-bond acceptors (Lipinski definition) is 4. The smallest absolute Gasteiger partial charge is 0.289 e. The van der Waals surface area contributed by atoms with E-state index in [1.807, 2.05) is 53.4 Å². The third-order valence-electron chi connectivity index (χ3n) is 6.51. The third-order valence-corrected chi connectivity index (χ3v) is 6.51. The van der Waals surface area contributed by atoms with Crippen LogP contribution in [-0.4, -0.2) is 29.4 Å². The summed E-state index contributed by atoms with van der Waals surface area (Å²) in [6.45, 7) is 2.88. The van der Waals surface area contributed by atoms with Gasteiger partial charge in [-0.3, -0.25) is 9.69 Å². The highest BCUT2D eigenvalue weighted by atomic mass is 19.1. The number of amides is 1. The number of furan rings is 1. The number of ether oxygens (including phenoxy) is 1. The lowest BCUT2D eigenvalue weighted by molar-refractivity contribution is 0.0698. The van der Waals surface area contributed by atoms with E-state index < -0.39 is 0 Å². The van der Waals surface area contributed by atoms with E-state index in [2.05, 4.69) is 17.0 Å². The van der Waals surface area contributed by atoms with E-state index in [-0.39, 0.29) is 11.7 Å². The summed E-state index contributed by atoms with van der Waals surface area (Å²) in [4.78, 5) is 17.2. The second-order valence-electron chi connectivity index (χ2n) is 9.14. The van der Waals surface area contributed by atoms with Gasteiger partial charge in [0.15, 0.2) is 5.76 Å². The van der Waals surface area contributed by atoms with Crippen molar-refractivity contribution in [2.24, 2.45) is 0 Å². The summed E-state index contributed by atoms with van der Waals surface area (Å²) >= 11 is 0. The largest absolute Gasteiger partial charge is 0.497 e. The molecule has 0 saturated carbocycles. The molecule has 4 aromatic rings. The first-order chi connectivity index (χ1) is 17.6. The highest BCUT2D eigenvalue weighted by Gasteiger charge is 2.24. The molecule has 5 rings (SSSR count). The van der Waals surface area contributed by atoms with Crippen molar-refractivity contribution in [1.82, 2.24) is 9.80 Å². The van der Waals surface area contributed by atoms with Gasteiger partial charge in [-0.15, -0.1) is 0 Å². The van der Waals surface area contributed by atoms with Crippen LogP contribution in [0.25, 0.3) is 0 Å². The topological polar surface area (TPSA) is 45.9 Å². The number of nitrogens with zero attached hydrogens (tertiary/aromatic N) is 2. The molecule has 0 radical (unpaired) electrons. The van der Waals surface area contributed by atoms with Gasteiger partial charge >= 0.3 is 0 Å². The quantitative estimate of drug-likeness (QED) is 0.316. The zero-order valence-electron chi connectivity index (χ0n) is 20.3. The standard InChI is InChI=1S/C30H29FN2O3/c1-35-27-11-5-7-23(17-27)19-32(18-22-6-4-10-26(31)16-22)21-28-12-13-29(36-28)30(34)33-15-14-24-8-2-3-9-25(24)20-33/h2-13,16-17H,14-15,18-21H2,1H3. The maximum atomic E-state index is 13.8. The molecule has 0 spiro atoms. The molecule has 36 heavy (non-hydrogen) atoms. The summed E-state index contributed by atoms with van der Waals surface area (Å²) in [7, 11) is 1.64. The zero-order chi connectivity index (χ0) is 24.9. The van der Waals surface area contributed by atoms with Crippen LogP contribution in [0, 0.1) is 5.82 Å². The first-order valence-electron chi connectivity index (χ1n) is 12.1. The predicted octanol–water partition coefficient (Wildman–Crippen LogP) is 5.83. The van der Waals surface area contributed by atoms with Crippen molar-refractivity contribution in [2.75, 3.05) is 13.7 Å². The molecule has 0 bridgehead atoms. The third kappa shape index (κ3) is 5.66.